The van der Waals surface area contributed by atoms with Crippen molar-refractivity contribution in [3.8, 4) is 0 Å². The standard InChI is InChI=1S/C15H28N2O2/c1-2-3-4-5-6-7-8-9-10-11-12-16-13-15(19)17-14-18/h16H,2-13H2,1H3. The molecule has 0 atom stereocenters. The Kier molecular flexibility index (Phi) is 14.3. The maximum Gasteiger partial charge on any atom is 0.270 e. The van der Waals surface area contributed by atoms with Gasteiger partial charge in [0.1, 0.15) is 0 Å². The van der Waals surface area contributed by atoms with Crippen LogP contribution in [0.2, 0.25) is 0 Å². The van der Waals surface area contributed by atoms with Gasteiger partial charge < -0.3 is 5.32 Å². The molecule has 0 aliphatic heterocycles. The molecular formula is C15H28N2O2. The van der Waals surface area contributed by atoms with Crippen molar-refractivity contribution in [1.29, 1.82) is 0 Å². The molecule has 19 heavy (non-hydrogen) atoms. The number of nitrogens with zero attached hydrogens (tertiary/aromatic N) is 1. The summed E-state index contributed by atoms with van der Waals surface area (Å²) in [5.41, 5.74) is 0. The van der Waals surface area contributed by atoms with Gasteiger partial charge in [0, 0.05) is 0 Å². The molecule has 0 aliphatic rings. The van der Waals surface area contributed by atoms with Crippen molar-refractivity contribution >= 4 is 12.0 Å². The summed E-state index contributed by atoms with van der Waals surface area (Å²) in [7, 11) is 0. The first-order valence-corrected chi connectivity index (χ1v) is 7.62. The molecule has 0 aromatic carbocycles. The van der Waals surface area contributed by atoms with Crippen molar-refractivity contribution in [2.24, 2.45) is 4.99 Å². The number of hydrogen-bond donors (Lipinski definition) is 1. The van der Waals surface area contributed by atoms with Crippen LogP contribution in [-0.4, -0.2) is 25.1 Å². The van der Waals surface area contributed by atoms with Crippen molar-refractivity contribution in [2.75, 3.05) is 13.1 Å². The fraction of sp³-hybridized carbons (Fsp3) is 0.867. The predicted molar refractivity (Wildman–Crippen MR) is 77.8 cm³/mol. The molecule has 0 rings (SSSR count). The Hall–Kier alpha value is -0.990. The molecule has 0 unspecified atom stereocenters. The zero-order valence-electron chi connectivity index (χ0n) is 12.2. The van der Waals surface area contributed by atoms with E-state index in [4.69, 9.17) is 0 Å². The summed E-state index contributed by atoms with van der Waals surface area (Å²) >= 11 is 0. The minimum absolute atomic E-state index is 0.146. The fourth-order valence-corrected chi connectivity index (χ4v) is 2.02. The van der Waals surface area contributed by atoms with Crippen LogP contribution in [0.1, 0.15) is 71.1 Å². The van der Waals surface area contributed by atoms with Crippen LogP contribution in [0.15, 0.2) is 4.99 Å². The van der Waals surface area contributed by atoms with E-state index in [1.807, 2.05) is 0 Å². The Morgan fingerprint density at radius 1 is 0.947 bits per heavy atom. The molecule has 0 saturated carbocycles. The predicted octanol–water partition coefficient (Wildman–Crippen LogP) is 3.36. The number of rotatable bonds is 13. The van der Waals surface area contributed by atoms with Gasteiger partial charge in [-0.2, -0.15) is 0 Å². The Morgan fingerprint density at radius 3 is 2.00 bits per heavy atom. The molecule has 1 N–H and O–H groups in total. The first-order chi connectivity index (χ1) is 9.31. The smallest absolute Gasteiger partial charge is 0.270 e. The first kappa shape index (κ1) is 18.0. The van der Waals surface area contributed by atoms with Gasteiger partial charge in [-0.15, -0.1) is 4.99 Å². The van der Waals surface area contributed by atoms with E-state index < -0.39 is 5.91 Å². The summed E-state index contributed by atoms with van der Waals surface area (Å²) in [4.78, 5) is 23.6. The number of aliphatic imine (C=N–C) groups is 1. The van der Waals surface area contributed by atoms with Crippen LogP contribution in [0.4, 0.5) is 0 Å². The molecule has 0 aromatic rings. The van der Waals surface area contributed by atoms with E-state index in [1.54, 1.807) is 0 Å². The maximum absolute atomic E-state index is 10.8. The van der Waals surface area contributed by atoms with Gasteiger partial charge in [0.15, 0.2) is 0 Å². The molecule has 0 aromatic heterocycles. The van der Waals surface area contributed by atoms with Crippen LogP contribution < -0.4 is 5.32 Å². The van der Waals surface area contributed by atoms with Crippen LogP contribution in [0.5, 0.6) is 0 Å². The lowest BCUT2D eigenvalue weighted by Crippen LogP contribution is -2.22. The van der Waals surface area contributed by atoms with Gasteiger partial charge in [-0.25, -0.2) is 4.79 Å². The van der Waals surface area contributed by atoms with Gasteiger partial charge in [0.2, 0.25) is 6.08 Å². The maximum atomic E-state index is 10.8. The van der Waals surface area contributed by atoms with Gasteiger partial charge in [-0.3, -0.25) is 4.79 Å². The molecule has 0 bridgehead atoms. The second-order valence-corrected chi connectivity index (χ2v) is 4.96. The zero-order valence-corrected chi connectivity index (χ0v) is 12.2. The SMILES string of the molecule is CCCCCCCCCCCCNCC(=O)N=C=O. The van der Waals surface area contributed by atoms with E-state index in [0.29, 0.717) is 0 Å². The lowest BCUT2D eigenvalue weighted by molar-refractivity contribution is -0.116. The third-order valence-corrected chi connectivity index (χ3v) is 3.15. The van der Waals surface area contributed by atoms with E-state index >= 15 is 0 Å². The third-order valence-electron chi connectivity index (χ3n) is 3.15. The van der Waals surface area contributed by atoms with E-state index in [1.165, 1.54) is 63.9 Å². The Labute approximate surface area is 117 Å². The summed E-state index contributed by atoms with van der Waals surface area (Å²) in [6.45, 7) is 3.20. The van der Waals surface area contributed by atoms with Crippen LogP contribution in [0, 0.1) is 0 Å². The monoisotopic (exact) mass is 268 g/mol. The van der Waals surface area contributed by atoms with E-state index in [9.17, 15) is 9.59 Å². The number of nitrogens with one attached hydrogen (secondary N) is 1. The summed E-state index contributed by atoms with van der Waals surface area (Å²) in [5.74, 6) is -0.443. The number of amides is 1. The Morgan fingerprint density at radius 2 is 1.47 bits per heavy atom. The highest BCUT2D eigenvalue weighted by atomic mass is 16.2. The highest BCUT2D eigenvalue weighted by Crippen LogP contribution is 2.10. The average Bonchev–Trinajstić information content (AvgIpc) is 2.40. The molecule has 0 aliphatic carbocycles. The molecule has 4 heteroatoms. The number of carbonyl (C=O) groups excluding carboxylic acids is 2. The second-order valence-electron chi connectivity index (χ2n) is 4.96. The van der Waals surface area contributed by atoms with E-state index in [-0.39, 0.29) is 6.54 Å². The second kappa shape index (κ2) is 15.1. The van der Waals surface area contributed by atoms with Crippen LogP contribution in [0.3, 0.4) is 0 Å². The molecule has 0 radical (unpaired) electrons. The minimum atomic E-state index is -0.443. The summed E-state index contributed by atoms with van der Waals surface area (Å²) < 4.78 is 0. The van der Waals surface area contributed by atoms with Crippen molar-refractivity contribution in [3.05, 3.63) is 0 Å². The molecule has 0 fully saturated rings. The molecule has 0 spiro atoms. The lowest BCUT2D eigenvalue weighted by atomic mass is 10.1. The highest BCUT2D eigenvalue weighted by molar-refractivity contribution is 5.83. The Bertz CT molecular complexity index is 261. The van der Waals surface area contributed by atoms with Gasteiger partial charge in [-0.1, -0.05) is 64.7 Å². The summed E-state index contributed by atoms with van der Waals surface area (Å²) in [6, 6.07) is 0. The minimum Gasteiger partial charge on any atom is -0.308 e. The van der Waals surface area contributed by atoms with Crippen LogP contribution >= 0.6 is 0 Å². The molecular weight excluding hydrogens is 240 g/mol. The van der Waals surface area contributed by atoms with Crippen molar-refractivity contribution in [1.82, 2.24) is 5.32 Å². The van der Waals surface area contributed by atoms with Gasteiger partial charge in [0.25, 0.3) is 5.91 Å². The van der Waals surface area contributed by atoms with Gasteiger partial charge >= 0.3 is 0 Å². The Balaban J connectivity index is 3.06. The number of hydrogen-bond acceptors (Lipinski definition) is 3. The largest absolute Gasteiger partial charge is 0.308 e. The normalized spacial score (nSPS) is 10.2. The van der Waals surface area contributed by atoms with Crippen molar-refractivity contribution in [2.45, 2.75) is 71.1 Å². The average molecular weight is 268 g/mol. The fourth-order valence-electron chi connectivity index (χ4n) is 2.02. The topological polar surface area (TPSA) is 58.5 Å². The van der Waals surface area contributed by atoms with Gasteiger partial charge in [0.05, 0.1) is 6.54 Å². The number of carbonyl (C=O) groups is 1. The highest BCUT2D eigenvalue weighted by Gasteiger charge is 1.97. The molecule has 0 heterocycles. The summed E-state index contributed by atoms with van der Waals surface area (Å²) in [5, 5.41) is 2.97. The van der Waals surface area contributed by atoms with Gasteiger partial charge in [-0.05, 0) is 13.0 Å². The molecule has 1 amide bonds. The zero-order chi connectivity index (χ0) is 14.2. The van der Waals surface area contributed by atoms with E-state index in [0.717, 1.165) is 13.0 Å². The van der Waals surface area contributed by atoms with Crippen molar-refractivity contribution in [3.63, 3.8) is 0 Å². The number of unbranched alkanes of at least 4 members (excludes halogenated alkanes) is 9. The lowest BCUT2D eigenvalue weighted by Gasteiger charge is -2.03. The summed E-state index contributed by atoms with van der Waals surface area (Å²) in [6.07, 6.45) is 14.3. The molecule has 0 saturated heterocycles. The van der Waals surface area contributed by atoms with Crippen LogP contribution in [-0.2, 0) is 9.59 Å². The van der Waals surface area contributed by atoms with Crippen molar-refractivity contribution < 1.29 is 9.59 Å². The molecule has 110 valence electrons. The third kappa shape index (κ3) is 15.0. The van der Waals surface area contributed by atoms with Crippen LogP contribution in [0.25, 0.3) is 0 Å². The first-order valence-electron chi connectivity index (χ1n) is 7.62. The quantitative estimate of drug-likeness (QED) is 0.316. The van der Waals surface area contributed by atoms with E-state index in [2.05, 4.69) is 17.2 Å². The molecule has 4 nitrogen and oxygen atoms in total. The number of isocyanates is 1.